The lowest BCUT2D eigenvalue weighted by Gasteiger charge is -2.35. The molecule has 156 valence electrons. The lowest BCUT2D eigenvalue weighted by atomic mass is 9.93. The Morgan fingerprint density at radius 1 is 1.10 bits per heavy atom. The van der Waals surface area contributed by atoms with Crippen LogP contribution in [0.25, 0.3) is 11.1 Å². The fourth-order valence-corrected chi connectivity index (χ4v) is 4.58. The van der Waals surface area contributed by atoms with Gasteiger partial charge in [0.15, 0.2) is 0 Å². The number of hydrogen-bond donors (Lipinski definition) is 1. The van der Waals surface area contributed by atoms with E-state index < -0.39 is 0 Å². The highest BCUT2D eigenvalue weighted by atomic mass is 16.5. The number of piperidine rings is 1. The Morgan fingerprint density at radius 2 is 1.97 bits per heavy atom. The summed E-state index contributed by atoms with van der Waals surface area (Å²) in [5, 5.41) is 8.14. The van der Waals surface area contributed by atoms with Crippen LogP contribution in [-0.2, 0) is 6.42 Å². The van der Waals surface area contributed by atoms with Gasteiger partial charge in [-0.1, -0.05) is 6.07 Å². The van der Waals surface area contributed by atoms with Gasteiger partial charge >= 0.3 is 0 Å². The summed E-state index contributed by atoms with van der Waals surface area (Å²) in [7, 11) is 2.17. The fraction of sp³-hybridized carbons (Fsp3) is 0.417. The number of benzene rings is 1. The quantitative estimate of drug-likeness (QED) is 0.698. The van der Waals surface area contributed by atoms with Crippen LogP contribution in [-0.4, -0.2) is 40.9 Å². The van der Waals surface area contributed by atoms with E-state index in [-0.39, 0.29) is 0 Å². The molecule has 0 bridgehead atoms. The van der Waals surface area contributed by atoms with Crippen molar-refractivity contribution >= 4 is 5.69 Å². The molecule has 30 heavy (non-hydrogen) atoms. The number of fused-ring (bicyclic) bond motifs is 1. The maximum atomic E-state index is 6.42. The van der Waals surface area contributed by atoms with Crippen LogP contribution < -0.4 is 15.0 Å². The van der Waals surface area contributed by atoms with E-state index in [0.29, 0.717) is 18.0 Å². The molecule has 1 unspecified atom stereocenters. The van der Waals surface area contributed by atoms with E-state index >= 15 is 0 Å². The normalized spacial score (nSPS) is 19.5. The molecule has 3 aromatic rings. The fourth-order valence-electron chi connectivity index (χ4n) is 4.58. The minimum absolute atomic E-state index is 0.463. The van der Waals surface area contributed by atoms with E-state index in [2.05, 4.69) is 52.2 Å². The molecule has 2 aliphatic heterocycles. The van der Waals surface area contributed by atoms with Crippen molar-refractivity contribution in [2.75, 3.05) is 25.0 Å². The van der Waals surface area contributed by atoms with Crippen molar-refractivity contribution in [3.8, 4) is 22.8 Å². The second-order valence-corrected chi connectivity index (χ2v) is 8.40. The second kappa shape index (κ2) is 8.11. The molecule has 0 saturated carbocycles. The number of anilines is 1. The molecule has 6 heteroatoms. The van der Waals surface area contributed by atoms with Crippen molar-refractivity contribution in [2.24, 2.45) is 0 Å². The topological polar surface area (TPSA) is 55.2 Å². The van der Waals surface area contributed by atoms with Gasteiger partial charge in [-0.05, 0) is 63.9 Å². The summed E-state index contributed by atoms with van der Waals surface area (Å²) in [6.07, 6.45) is 10.3. The molecule has 2 aromatic heterocycles. The Hall–Kier alpha value is -2.86. The molecule has 0 amide bonds. The molecule has 0 aliphatic carbocycles. The zero-order valence-electron chi connectivity index (χ0n) is 17.7. The molecule has 0 radical (unpaired) electrons. The Bertz CT molecular complexity index is 1010. The van der Waals surface area contributed by atoms with Crippen molar-refractivity contribution in [1.29, 1.82) is 0 Å². The summed E-state index contributed by atoms with van der Waals surface area (Å²) in [6, 6.07) is 11.2. The maximum absolute atomic E-state index is 6.42. The third kappa shape index (κ3) is 3.56. The predicted molar refractivity (Wildman–Crippen MR) is 119 cm³/mol. The first-order chi connectivity index (χ1) is 14.7. The molecular weight excluding hydrogens is 374 g/mol. The SMILES string of the molecule is CC1CCc2c(ccc(-c3cnn(C4CCNCC4)c3)c2Oc2ccccn2)N1C. The monoisotopic (exact) mass is 403 g/mol. The van der Waals surface area contributed by atoms with Crippen molar-refractivity contribution in [2.45, 2.75) is 44.7 Å². The molecule has 1 aromatic carbocycles. The van der Waals surface area contributed by atoms with Crippen LogP contribution in [0.1, 0.15) is 37.8 Å². The van der Waals surface area contributed by atoms with Crippen LogP contribution in [0.3, 0.4) is 0 Å². The summed E-state index contributed by atoms with van der Waals surface area (Å²) >= 11 is 0. The van der Waals surface area contributed by atoms with Crippen LogP contribution in [0.4, 0.5) is 5.69 Å². The van der Waals surface area contributed by atoms with Crippen molar-refractivity contribution in [1.82, 2.24) is 20.1 Å². The molecule has 1 saturated heterocycles. The highest BCUT2D eigenvalue weighted by Crippen LogP contribution is 2.44. The molecule has 4 heterocycles. The second-order valence-electron chi connectivity index (χ2n) is 8.40. The van der Waals surface area contributed by atoms with Crippen molar-refractivity contribution in [3.05, 3.63) is 54.5 Å². The lowest BCUT2D eigenvalue weighted by Crippen LogP contribution is -2.33. The molecule has 1 atom stereocenters. The van der Waals surface area contributed by atoms with Crippen LogP contribution in [0, 0.1) is 0 Å². The number of hydrogen-bond acceptors (Lipinski definition) is 5. The summed E-state index contributed by atoms with van der Waals surface area (Å²) in [5.74, 6) is 1.54. The van der Waals surface area contributed by atoms with Gasteiger partial charge in [0.1, 0.15) is 5.75 Å². The first-order valence-corrected chi connectivity index (χ1v) is 10.9. The Balaban J connectivity index is 1.57. The molecule has 2 aliphatic rings. The van der Waals surface area contributed by atoms with E-state index in [1.54, 1.807) is 6.20 Å². The minimum Gasteiger partial charge on any atom is -0.438 e. The zero-order chi connectivity index (χ0) is 20.5. The van der Waals surface area contributed by atoms with Gasteiger partial charge in [-0.15, -0.1) is 0 Å². The minimum atomic E-state index is 0.463. The van der Waals surface area contributed by atoms with Crippen LogP contribution in [0.15, 0.2) is 48.9 Å². The lowest BCUT2D eigenvalue weighted by molar-refractivity contribution is 0.343. The van der Waals surface area contributed by atoms with Gasteiger partial charge in [0, 0.05) is 53.9 Å². The molecule has 1 fully saturated rings. The van der Waals surface area contributed by atoms with Crippen LogP contribution in [0.2, 0.25) is 0 Å². The molecule has 0 spiro atoms. The van der Waals surface area contributed by atoms with E-state index in [9.17, 15) is 0 Å². The molecular formula is C24H29N5O. The maximum Gasteiger partial charge on any atom is 0.219 e. The van der Waals surface area contributed by atoms with E-state index in [1.807, 2.05) is 24.4 Å². The average molecular weight is 404 g/mol. The van der Waals surface area contributed by atoms with E-state index in [0.717, 1.165) is 55.6 Å². The summed E-state index contributed by atoms with van der Waals surface area (Å²) in [4.78, 5) is 6.76. The van der Waals surface area contributed by atoms with Gasteiger partial charge in [0.25, 0.3) is 0 Å². The van der Waals surface area contributed by atoms with Gasteiger partial charge in [-0.3, -0.25) is 4.68 Å². The third-order valence-corrected chi connectivity index (χ3v) is 6.53. The third-order valence-electron chi connectivity index (χ3n) is 6.53. The van der Waals surface area contributed by atoms with Crippen molar-refractivity contribution in [3.63, 3.8) is 0 Å². The van der Waals surface area contributed by atoms with E-state index in [1.165, 1.54) is 11.3 Å². The highest BCUT2D eigenvalue weighted by molar-refractivity contribution is 5.77. The molecule has 6 nitrogen and oxygen atoms in total. The van der Waals surface area contributed by atoms with Crippen LogP contribution in [0.5, 0.6) is 11.6 Å². The number of nitrogens with one attached hydrogen (secondary N) is 1. The number of ether oxygens (including phenoxy) is 1. The number of pyridine rings is 1. The van der Waals surface area contributed by atoms with Gasteiger partial charge in [-0.2, -0.15) is 5.10 Å². The Kier molecular flexibility index (Phi) is 5.17. The largest absolute Gasteiger partial charge is 0.438 e. The number of nitrogens with zero attached hydrogens (tertiary/aromatic N) is 4. The Morgan fingerprint density at radius 3 is 2.77 bits per heavy atom. The first kappa shape index (κ1) is 19.1. The smallest absolute Gasteiger partial charge is 0.219 e. The number of rotatable bonds is 4. The van der Waals surface area contributed by atoms with Gasteiger partial charge in [0.05, 0.1) is 12.2 Å². The molecule has 1 N–H and O–H groups in total. The van der Waals surface area contributed by atoms with E-state index in [4.69, 9.17) is 9.84 Å². The summed E-state index contributed by atoms with van der Waals surface area (Å²) in [5.41, 5.74) is 4.69. The standard InChI is InChI=1S/C24H29N5O/c1-17-6-7-21-22(28(17)2)9-8-20(24(21)30-23-5-3-4-12-26-23)18-15-27-29(16-18)19-10-13-25-14-11-19/h3-5,8-9,12,15-17,19,25H,6-7,10-11,13-14H2,1-2H3. The van der Waals surface area contributed by atoms with Gasteiger partial charge in [0.2, 0.25) is 5.88 Å². The Labute approximate surface area is 177 Å². The van der Waals surface area contributed by atoms with Gasteiger partial charge in [-0.25, -0.2) is 4.98 Å². The molecule has 5 rings (SSSR count). The zero-order valence-corrected chi connectivity index (χ0v) is 17.7. The highest BCUT2D eigenvalue weighted by Gasteiger charge is 2.26. The predicted octanol–water partition coefficient (Wildman–Crippen LogP) is 4.43. The summed E-state index contributed by atoms with van der Waals surface area (Å²) < 4.78 is 8.55. The van der Waals surface area contributed by atoms with Crippen molar-refractivity contribution < 1.29 is 4.74 Å². The van der Waals surface area contributed by atoms with Gasteiger partial charge < -0.3 is 15.0 Å². The first-order valence-electron chi connectivity index (χ1n) is 10.9. The van der Waals surface area contributed by atoms with Crippen LogP contribution >= 0.6 is 0 Å². The summed E-state index contributed by atoms with van der Waals surface area (Å²) in [6.45, 7) is 4.38. The number of aromatic nitrogens is 3. The average Bonchev–Trinajstić information content (AvgIpc) is 3.28.